The van der Waals surface area contributed by atoms with Crippen molar-refractivity contribution in [1.82, 2.24) is 19.2 Å². The monoisotopic (exact) mass is 376 g/mol. The van der Waals surface area contributed by atoms with E-state index in [0.29, 0.717) is 6.04 Å². The maximum atomic E-state index is 5.70. The lowest BCUT2D eigenvalue weighted by atomic mass is 10.2. The van der Waals surface area contributed by atoms with Crippen LogP contribution in [0.5, 0.6) is 0 Å². The van der Waals surface area contributed by atoms with Gasteiger partial charge in [0.05, 0.1) is 11.5 Å². The highest BCUT2D eigenvalue weighted by Crippen LogP contribution is 2.35. The normalized spacial score (nSPS) is 18.5. The number of thiophene rings is 2. The predicted molar refractivity (Wildman–Crippen MR) is 103 cm³/mol. The molecule has 0 amide bonds. The van der Waals surface area contributed by atoms with Crippen LogP contribution in [-0.2, 0) is 13.2 Å². The van der Waals surface area contributed by atoms with Gasteiger partial charge in [-0.25, -0.2) is 4.68 Å². The highest BCUT2D eigenvalue weighted by molar-refractivity contribution is 7.71. The Balaban J connectivity index is 1.64. The smallest absolute Gasteiger partial charge is 0.199 e. The van der Waals surface area contributed by atoms with Crippen molar-refractivity contribution in [2.45, 2.75) is 39.0 Å². The average molecular weight is 377 g/mol. The Hall–Kier alpha value is -1.28. The van der Waals surface area contributed by atoms with E-state index in [1.807, 2.05) is 16.0 Å². The molecule has 0 N–H and O–H groups in total. The van der Waals surface area contributed by atoms with Crippen molar-refractivity contribution < 1.29 is 0 Å². The van der Waals surface area contributed by atoms with Crippen molar-refractivity contribution in [2.75, 3.05) is 6.54 Å². The molecule has 0 bridgehead atoms. The molecule has 3 aromatic heterocycles. The minimum absolute atomic E-state index is 0.504. The molecule has 1 fully saturated rings. The summed E-state index contributed by atoms with van der Waals surface area (Å²) < 4.78 is 4.95. The molecule has 3 aromatic rings. The molecular weight excluding hydrogens is 356 g/mol. The highest BCUT2D eigenvalue weighted by Gasteiger charge is 2.27. The second-order valence-corrected chi connectivity index (χ2v) is 8.25. The van der Waals surface area contributed by atoms with Crippen molar-refractivity contribution in [3.05, 3.63) is 44.7 Å². The standard InChI is InChI=1S/C17H20N4S3/c1-2-20-16(15-8-5-11-24-15)18-21(17(20)22)12-19-9-3-6-13(19)14-7-4-10-23-14/h4-5,7-8,10-11,13H,2-3,6,9,12H2,1H3/t13-/m1/s1. The van der Waals surface area contributed by atoms with Gasteiger partial charge in [0.25, 0.3) is 0 Å². The molecule has 1 saturated heterocycles. The summed E-state index contributed by atoms with van der Waals surface area (Å²) in [7, 11) is 0. The molecule has 4 nitrogen and oxygen atoms in total. The quantitative estimate of drug-likeness (QED) is 0.585. The zero-order valence-corrected chi connectivity index (χ0v) is 16.0. The lowest BCUT2D eigenvalue weighted by molar-refractivity contribution is 0.192. The minimum atomic E-state index is 0.504. The Labute approximate surface area is 155 Å². The third kappa shape index (κ3) is 2.90. The van der Waals surface area contributed by atoms with Crippen LogP contribution in [0.3, 0.4) is 0 Å². The highest BCUT2D eigenvalue weighted by atomic mass is 32.1. The molecule has 4 rings (SSSR count). The summed E-state index contributed by atoms with van der Waals surface area (Å²) in [6, 6.07) is 9.07. The van der Waals surface area contributed by atoms with Crippen LogP contribution >= 0.6 is 34.9 Å². The van der Waals surface area contributed by atoms with Crippen molar-refractivity contribution in [3.63, 3.8) is 0 Å². The SMILES string of the molecule is CCn1c(-c2cccs2)nn(CN2CCC[C@@H]2c2cccs2)c1=S. The van der Waals surface area contributed by atoms with Gasteiger partial charge in [-0.05, 0) is 54.9 Å². The van der Waals surface area contributed by atoms with E-state index in [1.165, 1.54) is 22.6 Å². The van der Waals surface area contributed by atoms with Crippen LogP contribution < -0.4 is 0 Å². The Morgan fingerprint density at radius 3 is 2.79 bits per heavy atom. The zero-order chi connectivity index (χ0) is 16.5. The number of hydrogen-bond donors (Lipinski definition) is 0. The fourth-order valence-electron chi connectivity index (χ4n) is 3.38. The summed E-state index contributed by atoms with van der Waals surface area (Å²) in [6.45, 7) is 4.86. The first-order chi connectivity index (χ1) is 11.8. The molecule has 7 heteroatoms. The second kappa shape index (κ2) is 6.92. The number of aromatic nitrogens is 3. The van der Waals surface area contributed by atoms with Crippen molar-refractivity contribution in [3.8, 4) is 10.7 Å². The van der Waals surface area contributed by atoms with Gasteiger partial charge in [-0.2, -0.15) is 0 Å². The van der Waals surface area contributed by atoms with Crippen LogP contribution in [0.25, 0.3) is 10.7 Å². The maximum absolute atomic E-state index is 5.70. The predicted octanol–water partition coefficient (Wildman–Crippen LogP) is 5.02. The van der Waals surface area contributed by atoms with E-state index in [4.69, 9.17) is 17.3 Å². The Kier molecular flexibility index (Phi) is 4.67. The number of nitrogens with zero attached hydrogens (tertiary/aromatic N) is 4. The van der Waals surface area contributed by atoms with Crippen molar-refractivity contribution in [1.29, 1.82) is 0 Å². The molecule has 0 radical (unpaired) electrons. The first-order valence-electron chi connectivity index (χ1n) is 8.27. The molecule has 1 atom stereocenters. The van der Waals surface area contributed by atoms with Crippen molar-refractivity contribution in [2.24, 2.45) is 0 Å². The van der Waals surface area contributed by atoms with Gasteiger partial charge in [-0.15, -0.1) is 27.8 Å². The fourth-order valence-corrected chi connectivity index (χ4v) is 5.30. The summed E-state index contributed by atoms with van der Waals surface area (Å²) in [5, 5.41) is 9.10. The van der Waals surface area contributed by atoms with E-state index >= 15 is 0 Å². The molecule has 1 aliphatic heterocycles. The van der Waals surface area contributed by atoms with Crippen LogP contribution in [0.1, 0.15) is 30.7 Å². The third-order valence-electron chi connectivity index (χ3n) is 4.53. The van der Waals surface area contributed by atoms with Crippen LogP contribution in [-0.4, -0.2) is 25.8 Å². The van der Waals surface area contributed by atoms with Crippen molar-refractivity contribution >= 4 is 34.9 Å². The van der Waals surface area contributed by atoms with Gasteiger partial charge in [0.15, 0.2) is 10.6 Å². The van der Waals surface area contributed by atoms with Gasteiger partial charge >= 0.3 is 0 Å². The molecule has 126 valence electrons. The van der Waals surface area contributed by atoms with Gasteiger partial charge in [-0.1, -0.05) is 12.1 Å². The fraction of sp³-hybridized carbons (Fsp3) is 0.412. The molecule has 4 heterocycles. The first kappa shape index (κ1) is 16.2. The van der Waals surface area contributed by atoms with Gasteiger partial charge in [0, 0.05) is 24.0 Å². The van der Waals surface area contributed by atoms with Gasteiger partial charge in [-0.3, -0.25) is 9.47 Å². The first-order valence-corrected chi connectivity index (χ1v) is 10.4. The van der Waals surface area contributed by atoms with Gasteiger partial charge < -0.3 is 0 Å². The number of rotatable bonds is 5. The Morgan fingerprint density at radius 2 is 2.08 bits per heavy atom. The molecular formula is C17H20N4S3. The molecule has 0 unspecified atom stereocenters. The molecule has 0 saturated carbocycles. The minimum Gasteiger partial charge on any atom is -0.300 e. The molecule has 1 aliphatic rings. The zero-order valence-electron chi connectivity index (χ0n) is 13.6. The second-order valence-electron chi connectivity index (χ2n) is 5.95. The summed E-state index contributed by atoms with van der Waals surface area (Å²) in [6.07, 6.45) is 2.46. The van der Waals surface area contributed by atoms with E-state index in [9.17, 15) is 0 Å². The summed E-state index contributed by atoms with van der Waals surface area (Å²) in [4.78, 5) is 5.14. The third-order valence-corrected chi connectivity index (χ3v) is 6.80. The molecule has 0 aliphatic carbocycles. The lowest BCUT2D eigenvalue weighted by Gasteiger charge is -2.23. The lowest BCUT2D eigenvalue weighted by Crippen LogP contribution is -2.26. The number of hydrogen-bond acceptors (Lipinski definition) is 5. The van der Waals surface area contributed by atoms with E-state index in [0.717, 1.165) is 30.4 Å². The Bertz CT molecular complexity index is 845. The van der Waals surface area contributed by atoms with Gasteiger partial charge in [0.2, 0.25) is 0 Å². The van der Waals surface area contributed by atoms with Crippen LogP contribution in [0.15, 0.2) is 35.0 Å². The Morgan fingerprint density at radius 1 is 1.25 bits per heavy atom. The van der Waals surface area contributed by atoms with E-state index in [1.54, 1.807) is 11.3 Å². The van der Waals surface area contributed by atoms with E-state index < -0.39 is 0 Å². The van der Waals surface area contributed by atoms with E-state index in [-0.39, 0.29) is 0 Å². The largest absolute Gasteiger partial charge is 0.300 e. The molecule has 0 spiro atoms. The molecule has 24 heavy (non-hydrogen) atoms. The topological polar surface area (TPSA) is 26.0 Å². The average Bonchev–Trinajstić information content (AvgIpc) is 3.36. The van der Waals surface area contributed by atoms with Gasteiger partial charge in [0.1, 0.15) is 0 Å². The summed E-state index contributed by atoms with van der Waals surface area (Å²) in [5.74, 6) is 0.990. The van der Waals surface area contributed by atoms with Crippen LogP contribution in [0.2, 0.25) is 0 Å². The molecule has 0 aromatic carbocycles. The summed E-state index contributed by atoms with van der Waals surface area (Å²) in [5.41, 5.74) is 0. The van der Waals surface area contributed by atoms with Crippen LogP contribution in [0, 0.1) is 4.77 Å². The maximum Gasteiger partial charge on any atom is 0.199 e. The van der Waals surface area contributed by atoms with Crippen LogP contribution in [0.4, 0.5) is 0 Å². The van der Waals surface area contributed by atoms with E-state index in [2.05, 4.69) is 51.4 Å². The summed E-state index contributed by atoms with van der Waals surface area (Å²) >= 11 is 9.27. The number of likely N-dealkylation sites (tertiary alicyclic amines) is 1.